The number of rotatable bonds is 2. The Balaban J connectivity index is 1.82. The first kappa shape index (κ1) is 11.5. The molecule has 1 aliphatic heterocycles. The van der Waals surface area contributed by atoms with Crippen molar-refractivity contribution in [2.45, 2.75) is 0 Å². The average molecular weight is 258 g/mol. The summed E-state index contributed by atoms with van der Waals surface area (Å²) in [7, 11) is 0. The van der Waals surface area contributed by atoms with Crippen LogP contribution < -0.4 is 14.8 Å². The molecule has 0 unspecified atom stereocenters. The molecule has 5 heteroatoms. The van der Waals surface area contributed by atoms with Crippen LogP contribution >= 0.6 is 0 Å². The summed E-state index contributed by atoms with van der Waals surface area (Å²) in [4.78, 5) is 0. The first-order valence-corrected chi connectivity index (χ1v) is 5.74. The van der Waals surface area contributed by atoms with Crippen LogP contribution in [0.4, 0.5) is 10.1 Å². The molecule has 96 valence electrons. The number of benzene rings is 2. The van der Waals surface area contributed by atoms with Gasteiger partial charge in [-0.15, -0.1) is 0 Å². The third-order valence-electron chi connectivity index (χ3n) is 2.79. The van der Waals surface area contributed by atoms with Gasteiger partial charge in [0.15, 0.2) is 11.5 Å². The molecular weight excluding hydrogens is 247 g/mol. The van der Waals surface area contributed by atoms with Crippen molar-refractivity contribution in [1.82, 2.24) is 0 Å². The molecule has 0 aliphatic carbocycles. The van der Waals surface area contributed by atoms with Crippen molar-refractivity contribution in [3.8, 4) is 11.5 Å². The van der Waals surface area contributed by atoms with Crippen molar-refractivity contribution in [2.75, 3.05) is 12.1 Å². The Labute approximate surface area is 109 Å². The zero-order valence-corrected chi connectivity index (χ0v) is 9.94. The molecule has 0 spiro atoms. The molecule has 4 nitrogen and oxygen atoms in total. The van der Waals surface area contributed by atoms with E-state index in [0.29, 0.717) is 17.2 Å². The molecule has 0 aromatic heterocycles. The number of ether oxygens (including phenoxy) is 2. The van der Waals surface area contributed by atoms with E-state index in [1.54, 1.807) is 36.4 Å². The van der Waals surface area contributed by atoms with E-state index in [1.807, 2.05) is 0 Å². The van der Waals surface area contributed by atoms with Crippen molar-refractivity contribution < 1.29 is 13.9 Å². The first-order chi connectivity index (χ1) is 9.24. The topological polar surface area (TPSA) is 54.3 Å². The van der Waals surface area contributed by atoms with Crippen molar-refractivity contribution >= 4 is 11.5 Å². The van der Waals surface area contributed by atoms with Gasteiger partial charge < -0.3 is 14.8 Å². The van der Waals surface area contributed by atoms with Crippen molar-refractivity contribution in [3.05, 3.63) is 53.8 Å². The highest BCUT2D eigenvalue weighted by Gasteiger charge is 2.14. The molecule has 1 heterocycles. The van der Waals surface area contributed by atoms with Gasteiger partial charge in [-0.2, -0.15) is 0 Å². The van der Waals surface area contributed by atoms with Gasteiger partial charge in [-0.3, -0.25) is 5.41 Å². The molecule has 0 atom stereocenters. The van der Waals surface area contributed by atoms with Crippen LogP contribution in [0.1, 0.15) is 5.56 Å². The van der Waals surface area contributed by atoms with E-state index >= 15 is 0 Å². The van der Waals surface area contributed by atoms with Gasteiger partial charge in [0.1, 0.15) is 11.7 Å². The van der Waals surface area contributed by atoms with Gasteiger partial charge in [-0.05, 0) is 24.3 Å². The van der Waals surface area contributed by atoms with E-state index in [0.717, 1.165) is 0 Å². The normalized spacial score (nSPS) is 12.3. The largest absolute Gasteiger partial charge is 0.454 e. The maximum atomic E-state index is 13.5. The standard InChI is InChI=1S/C14H11FN2O2/c15-11-4-2-1-3-10(11)14(16)17-9-5-6-12-13(7-9)19-8-18-12/h1-7H,8H2,(H2,16,17). The molecule has 0 bridgehead atoms. The van der Waals surface area contributed by atoms with Crippen LogP contribution in [0, 0.1) is 11.2 Å². The van der Waals surface area contributed by atoms with Crippen molar-refractivity contribution in [3.63, 3.8) is 0 Å². The maximum Gasteiger partial charge on any atom is 0.231 e. The van der Waals surface area contributed by atoms with E-state index in [9.17, 15) is 4.39 Å². The summed E-state index contributed by atoms with van der Waals surface area (Å²) in [5.41, 5.74) is 0.873. The summed E-state index contributed by atoms with van der Waals surface area (Å²) in [6.45, 7) is 0.198. The lowest BCUT2D eigenvalue weighted by Crippen LogP contribution is -2.13. The second kappa shape index (κ2) is 4.61. The summed E-state index contributed by atoms with van der Waals surface area (Å²) in [5, 5.41) is 10.7. The van der Waals surface area contributed by atoms with E-state index in [1.165, 1.54) is 6.07 Å². The average Bonchev–Trinajstić information content (AvgIpc) is 2.86. The number of nitrogens with one attached hydrogen (secondary N) is 2. The number of halogens is 1. The Morgan fingerprint density at radius 2 is 1.89 bits per heavy atom. The van der Waals surface area contributed by atoms with Crippen molar-refractivity contribution in [1.29, 1.82) is 5.41 Å². The number of amidine groups is 1. The Morgan fingerprint density at radius 1 is 1.11 bits per heavy atom. The Hall–Kier alpha value is -2.56. The lowest BCUT2D eigenvalue weighted by molar-refractivity contribution is 0.174. The van der Waals surface area contributed by atoms with E-state index < -0.39 is 5.82 Å². The minimum Gasteiger partial charge on any atom is -0.454 e. The molecule has 0 amide bonds. The third-order valence-corrected chi connectivity index (χ3v) is 2.79. The Bertz CT molecular complexity index is 643. The Morgan fingerprint density at radius 3 is 2.74 bits per heavy atom. The second-order valence-electron chi connectivity index (χ2n) is 4.05. The summed E-state index contributed by atoms with van der Waals surface area (Å²) >= 11 is 0. The molecule has 3 rings (SSSR count). The van der Waals surface area contributed by atoms with Gasteiger partial charge in [0.2, 0.25) is 6.79 Å². The van der Waals surface area contributed by atoms with Gasteiger partial charge >= 0.3 is 0 Å². The monoisotopic (exact) mass is 258 g/mol. The molecule has 0 radical (unpaired) electrons. The Kier molecular flexibility index (Phi) is 2.79. The third kappa shape index (κ3) is 2.22. The van der Waals surface area contributed by atoms with Crippen LogP contribution in [0.25, 0.3) is 0 Å². The summed E-state index contributed by atoms with van der Waals surface area (Å²) in [6.07, 6.45) is 0. The van der Waals surface area contributed by atoms with Gasteiger partial charge in [-0.25, -0.2) is 4.39 Å². The molecule has 0 fully saturated rings. The zero-order chi connectivity index (χ0) is 13.2. The number of fused-ring (bicyclic) bond motifs is 1. The van der Waals surface area contributed by atoms with E-state index in [2.05, 4.69) is 5.32 Å². The van der Waals surface area contributed by atoms with Gasteiger partial charge in [0, 0.05) is 11.8 Å². The number of anilines is 1. The molecule has 0 saturated carbocycles. The first-order valence-electron chi connectivity index (χ1n) is 5.74. The fourth-order valence-corrected chi connectivity index (χ4v) is 1.85. The van der Waals surface area contributed by atoms with Crippen LogP contribution in [0.3, 0.4) is 0 Å². The van der Waals surface area contributed by atoms with Crippen LogP contribution in [-0.2, 0) is 0 Å². The molecule has 2 aromatic rings. The number of hydrogen-bond acceptors (Lipinski definition) is 3. The predicted octanol–water partition coefficient (Wildman–Crippen LogP) is 2.99. The molecule has 1 aliphatic rings. The second-order valence-corrected chi connectivity index (χ2v) is 4.05. The SMILES string of the molecule is N=C(Nc1ccc2c(c1)OCO2)c1ccccc1F. The van der Waals surface area contributed by atoms with E-state index in [4.69, 9.17) is 14.9 Å². The summed E-state index contributed by atoms with van der Waals surface area (Å²) in [6, 6.07) is 11.4. The highest BCUT2D eigenvalue weighted by atomic mass is 19.1. The van der Waals surface area contributed by atoms with Gasteiger partial charge in [-0.1, -0.05) is 12.1 Å². The minimum atomic E-state index is -0.430. The van der Waals surface area contributed by atoms with Gasteiger partial charge in [0.05, 0.1) is 5.56 Å². The summed E-state index contributed by atoms with van der Waals surface area (Å²) in [5.74, 6) is 0.854. The lowest BCUT2D eigenvalue weighted by atomic mass is 10.2. The maximum absolute atomic E-state index is 13.5. The van der Waals surface area contributed by atoms with Crippen LogP contribution in [0.2, 0.25) is 0 Å². The highest BCUT2D eigenvalue weighted by molar-refractivity contribution is 6.06. The fraction of sp³-hybridized carbons (Fsp3) is 0.0714. The zero-order valence-electron chi connectivity index (χ0n) is 9.94. The molecule has 19 heavy (non-hydrogen) atoms. The van der Waals surface area contributed by atoms with Gasteiger partial charge in [0.25, 0.3) is 0 Å². The predicted molar refractivity (Wildman–Crippen MR) is 69.4 cm³/mol. The van der Waals surface area contributed by atoms with Crippen LogP contribution in [0.15, 0.2) is 42.5 Å². The molecular formula is C14H11FN2O2. The minimum absolute atomic E-state index is 0.00281. The van der Waals surface area contributed by atoms with E-state index in [-0.39, 0.29) is 18.2 Å². The fourth-order valence-electron chi connectivity index (χ4n) is 1.85. The van der Waals surface area contributed by atoms with Crippen LogP contribution in [-0.4, -0.2) is 12.6 Å². The smallest absolute Gasteiger partial charge is 0.231 e. The summed E-state index contributed by atoms with van der Waals surface area (Å²) < 4.78 is 24.0. The molecule has 2 N–H and O–H groups in total. The van der Waals surface area contributed by atoms with Crippen molar-refractivity contribution in [2.24, 2.45) is 0 Å². The van der Waals surface area contributed by atoms with Crippen LogP contribution in [0.5, 0.6) is 11.5 Å². The number of hydrogen-bond donors (Lipinski definition) is 2. The highest BCUT2D eigenvalue weighted by Crippen LogP contribution is 2.34. The quantitative estimate of drug-likeness (QED) is 0.643. The lowest BCUT2D eigenvalue weighted by Gasteiger charge is -2.09. The molecule has 0 saturated heterocycles. The molecule has 2 aromatic carbocycles.